The van der Waals surface area contributed by atoms with E-state index in [1.165, 1.54) is 5.56 Å². The fourth-order valence-electron chi connectivity index (χ4n) is 3.23. The number of nitrogens with zero attached hydrogens (tertiary/aromatic N) is 2. The van der Waals surface area contributed by atoms with E-state index in [1.807, 2.05) is 0 Å². The van der Waals surface area contributed by atoms with Gasteiger partial charge < -0.3 is 19.7 Å². The first-order chi connectivity index (χ1) is 12.8. The predicted molar refractivity (Wildman–Crippen MR) is 108 cm³/mol. The van der Waals surface area contributed by atoms with Crippen molar-refractivity contribution in [3.8, 4) is 0 Å². The smallest absolute Gasteiger partial charge is 0.193 e. The van der Waals surface area contributed by atoms with Crippen molar-refractivity contribution in [2.24, 2.45) is 4.99 Å². The van der Waals surface area contributed by atoms with E-state index in [1.54, 1.807) is 7.11 Å². The summed E-state index contributed by atoms with van der Waals surface area (Å²) in [6, 6.07) is 10.6. The van der Waals surface area contributed by atoms with Crippen LogP contribution in [0, 0.1) is 0 Å². The molecule has 1 aromatic carbocycles. The van der Waals surface area contributed by atoms with Crippen molar-refractivity contribution in [1.29, 1.82) is 0 Å². The molecular weight excluding hydrogens is 326 g/mol. The Kier molecular flexibility index (Phi) is 10.1. The van der Waals surface area contributed by atoms with E-state index in [0.717, 1.165) is 77.5 Å². The molecule has 1 aromatic rings. The van der Waals surface area contributed by atoms with Crippen molar-refractivity contribution < 1.29 is 9.47 Å². The second-order valence-electron chi connectivity index (χ2n) is 6.73. The van der Waals surface area contributed by atoms with E-state index in [0.29, 0.717) is 6.10 Å². The number of piperidine rings is 1. The van der Waals surface area contributed by atoms with Gasteiger partial charge >= 0.3 is 0 Å². The average molecular weight is 362 g/mol. The van der Waals surface area contributed by atoms with Crippen LogP contribution in [-0.2, 0) is 15.9 Å². The SMILES string of the molecule is CCNC(=NCCCc1ccccc1)N1CCC(OCCCOC)CC1. The molecule has 0 spiro atoms. The Labute approximate surface area is 158 Å². The molecule has 5 heteroatoms. The molecule has 0 aliphatic carbocycles. The summed E-state index contributed by atoms with van der Waals surface area (Å²) in [7, 11) is 1.74. The normalized spacial score (nSPS) is 16.1. The second kappa shape index (κ2) is 12.7. The summed E-state index contributed by atoms with van der Waals surface area (Å²) in [6.45, 7) is 7.50. The molecule has 0 aromatic heterocycles. The zero-order chi connectivity index (χ0) is 18.5. The van der Waals surface area contributed by atoms with E-state index < -0.39 is 0 Å². The Morgan fingerprint density at radius 3 is 2.62 bits per heavy atom. The van der Waals surface area contributed by atoms with Crippen molar-refractivity contribution >= 4 is 5.96 Å². The van der Waals surface area contributed by atoms with Crippen LogP contribution in [0.5, 0.6) is 0 Å². The quantitative estimate of drug-likeness (QED) is 0.395. The number of aliphatic imine (C=N–C) groups is 1. The number of guanidine groups is 1. The van der Waals surface area contributed by atoms with Crippen LogP contribution in [0.25, 0.3) is 0 Å². The highest BCUT2D eigenvalue weighted by atomic mass is 16.5. The van der Waals surface area contributed by atoms with Gasteiger partial charge in [0.05, 0.1) is 6.10 Å². The number of methoxy groups -OCH3 is 1. The fraction of sp³-hybridized carbons (Fsp3) is 0.667. The van der Waals surface area contributed by atoms with Crippen molar-refractivity contribution in [3.63, 3.8) is 0 Å². The van der Waals surface area contributed by atoms with Gasteiger partial charge in [0.2, 0.25) is 0 Å². The molecule has 5 nitrogen and oxygen atoms in total. The minimum atomic E-state index is 0.379. The summed E-state index contributed by atoms with van der Waals surface area (Å²) in [5, 5.41) is 3.44. The van der Waals surface area contributed by atoms with Crippen molar-refractivity contribution in [2.75, 3.05) is 46.5 Å². The van der Waals surface area contributed by atoms with E-state index >= 15 is 0 Å². The van der Waals surface area contributed by atoms with Crippen LogP contribution in [0.2, 0.25) is 0 Å². The van der Waals surface area contributed by atoms with Crippen LogP contribution >= 0.6 is 0 Å². The van der Waals surface area contributed by atoms with Gasteiger partial charge in [0.1, 0.15) is 0 Å². The highest BCUT2D eigenvalue weighted by Gasteiger charge is 2.21. The lowest BCUT2D eigenvalue weighted by molar-refractivity contribution is 0.00990. The lowest BCUT2D eigenvalue weighted by atomic mass is 10.1. The molecule has 0 amide bonds. The highest BCUT2D eigenvalue weighted by Crippen LogP contribution is 2.14. The lowest BCUT2D eigenvalue weighted by Crippen LogP contribution is -2.47. The zero-order valence-electron chi connectivity index (χ0n) is 16.5. The van der Waals surface area contributed by atoms with Gasteiger partial charge in [0.15, 0.2) is 5.96 Å². The molecule has 0 unspecified atom stereocenters. The number of aryl methyl sites for hydroxylation is 1. The summed E-state index contributed by atoms with van der Waals surface area (Å²) < 4.78 is 11.0. The molecular formula is C21H35N3O2. The predicted octanol–water partition coefficient (Wildman–Crippen LogP) is 3.10. The minimum Gasteiger partial charge on any atom is -0.385 e. The third-order valence-electron chi connectivity index (χ3n) is 4.65. The first kappa shape index (κ1) is 20.7. The third kappa shape index (κ3) is 7.75. The second-order valence-corrected chi connectivity index (χ2v) is 6.73. The number of hydrogen-bond donors (Lipinski definition) is 1. The Balaban J connectivity index is 1.71. The van der Waals surface area contributed by atoms with Crippen LogP contribution in [0.3, 0.4) is 0 Å². The number of ether oxygens (including phenoxy) is 2. The average Bonchev–Trinajstić information content (AvgIpc) is 2.69. The van der Waals surface area contributed by atoms with Gasteiger partial charge in [-0.2, -0.15) is 0 Å². The highest BCUT2D eigenvalue weighted by molar-refractivity contribution is 5.80. The van der Waals surface area contributed by atoms with Crippen LogP contribution in [0.4, 0.5) is 0 Å². The molecule has 0 atom stereocenters. The number of benzene rings is 1. The topological polar surface area (TPSA) is 46.1 Å². The Morgan fingerprint density at radius 1 is 1.15 bits per heavy atom. The molecule has 0 radical (unpaired) electrons. The zero-order valence-corrected chi connectivity index (χ0v) is 16.5. The van der Waals surface area contributed by atoms with Crippen LogP contribution < -0.4 is 5.32 Å². The molecule has 0 saturated carbocycles. The molecule has 2 rings (SSSR count). The number of likely N-dealkylation sites (tertiary alicyclic amines) is 1. The maximum Gasteiger partial charge on any atom is 0.193 e. The molecule has 1 aliphatic heterocycles. The van der Waals surface area contributed by atoms with Gasteiger partial charge in [0.25, 0.3) is 0 Å². The molecule has 1 heterocycles. The van der Waals surface area contributed by atoms with E-state index in [9.17, 15) is 0 Å². The van der Waals surface area contributed by atoms with Crippen LogP contribution in [0.15, 0.2) is 35.3 Å². The monoisotopic (exact) mass is 361 g/mol. The minimum absolute atomic E-state index is 0.379. The maximum absolute atomic E-state index is 5.95. The largest absolute Gasteiger partial charge is 0.385 e. The van der Waals surface area contributed by atoms with Crippen molar-refractivity contribution in [2.45, 2.75) is 45.1 Å². The number of hydrogen-bond acceptors (Lipinski definition) is 3. The third-order valence-corrected chi connectivity index (χ3v) is 4.65. The molecule has 1 saturated heterocycles. The Bertz CT molecular complexity index is 499. The van der Waals surface area contributed by atoms with Crippen LogP contribution in [0.1, 0.15) is 38.2 Å². The van der Waals surface area contributed by atoms with Gasteiger partial charge in [0, 0.05) is 46.5 Å². The number of rotatable bonds is 10. The standard InChI is InChI=1S/C21H35N3O2/c1-3-22-21(23-14-7-11-19-9-5-4-6-10-19)24-15-12-20(13-16-24)26-18-8-17-25-2/h4-6,9-10,20H,3,7-8,11-18H2,1-2H3,(H,22,23). The first-order valence-electron chi connectivity index (χ1n) is 10.0. The van der Waals surface area contributed by atoms with E-state index in [4.69, 9.17) is 14.5 Å². The summed E-state index contributed by atoms with van der Waals surface area (Å²) in [5.74, 6) is 1.05. The Morgan fingerprint density at radius 2 is 1.92 bits per heavy atom. The summed E-state index contributed by atoms with van der Waals surface area (Å²) in [4.78, 5) is 7.21. The van der Waals surface area contributed by atoms with Crippen LogP contribution in [-0.4, -0.2) is 63.5 Å². The molecule has 0 bridgehead atoms. The molecule has 146 valence electrons. The summed E-state index contributed by atoms with van der Waals surface area (Å²) in [6.07, 6.45) is 5.66. The number of nitrogens with one attached hydrogen (secondary N) is 1. The van der Waals surface area contributed by atoms with Gasteiger partial charge in [-0.15, -0.1) is 0 Å². The van der Waals surface area contributed by atoms with Crippen molar-refractivity contribution in [1.82, 2.24) is 10.2 Å². The molecule has 1 fully saturated rings. The summed E-state index contributed by atoms with van der Waals surface area (Å²) >= 11 is 0. The maximum atomic E-state index is 5.95. The lowest BCUT2D eigenvalue weighted by Gasteiger charge is -2.34. The molecule has 1 aliphatic rings. The van der Waals surface area contributed by atoms with Gasteiger partial charge in [-0.05, 0) is 44.6 Å². The van der Waals surface area contributed by atoms with E-state index in [2.05, 4.69) is 47.5 Å². The van der Waals surface area contributed by atoms with E-state index in [-0.39, 0.29) is 0 Å². The molecule has 1 N–H and O–H groups in total. The molecule has 26 heavy (non-hydrogen) atoms. The van der Waals surface area contributed by atoms with Gasteiger partial charge in [-0.3, -0.25) is 4.99 Å². The van der Waals surface area contributed by atoms with Gasteiger partial charge in [-0.1, -0.05) is 30.3 Å². The fourth-order valence-corrected chi connectivity index (χ4v) is 3.23. The van der Waals surface area contributed by atoms with Crippen molar-refractivity contribution in [3.05, 3.63) is 35.9 Å². The first-order valence-corrected chi connectivity index (χ1v) is 10.0. The Hall–Kier alpha value is -1.59. The summed E-state index contributed by atoms with van der Waals surface area (Å²) in [5.41, 5.74) is 1.39. The van der Waals surface area contributed by atoms with Gasteiger partial charge in [-0.25, -0.2) is 0 Å².